The summed E-state index contributed by atoms with van der Waals surface area (Å²) >= 11 is 14.4. The predicted octanol–water partition coefficient (Wildman–Crippen LogP) is -3.99. The van der Waals surface area contributed by atoms with Crippen LogP contribution in [-0.2, 0) is 14.4 Å². The Labute approximate surface area is 170 Å². The minimum atomic E-state index is -2.17. The van der Waals surface area contributed by atoms with Gasteiger partial charge in [-0.3, -0.25) is 0 Å². The number of aliphatic carboxylic acids is 3. The van der Waals surface area contributed by atoms with Crippen molar-refractivity contribution in [2.45, 2.75) is 36.8 Å². The maximum Gasteiger partial charge on any atom is 1.00 e. The van der Waals surface area contributed by atoms with Crippen molar-refractivity contribution in [3.63, 3.8) is 0 Å². The molecule has 0 fully saturated rings. The summed E-state index contributed by atoms with van der Waals surface area (Å²) < 4.78 is -2.17. The maximum atomic E-state index is 9.62. The normalized spacial score (nSPS) is 11.3. The van der Waals surface area contributed by atoms with Gasteiger partial charge in [0.15, 0.2) is 0 Å². The van der Waals surface area contributed by atoms with E-state index in [9.17, 15) is 19.5 Å². The standard InChI is InChI=1S/2C3H6O3.C2HCl3O2.C2H6O.Na/c2*1-2(4)3(5)6;3-2(4,5)1(6)7;1-2-3;/h2*2,4H,1H3,(H,5,6);(H,6,7);3H,2H2,1H3;/q;;;;+1/p-1. The van der Waals surface area contributed by atoms with Crippen molar-refractivity contribution in [2.75, 3.05) is 6.61 Å². The van der Waals surface area contributed by atoms with E-state index in [1.165, 1.54) is 6.92 Å². The van der Waals surface area contributed by atoms with Crippen molar-refractivity contribution < 1.29 is 74.6 Å². The Morgan fingerprint density at radius 3 is 1.17 bits per heavy atom. The van der Waals surface area contributed by atoms with Gasteiger partial charge >= 0.3 is 41.5 Å². The van der Waals surface area contributed by atoms with Gasteiger partial charge in [0, 0.05) is 6.61 Å². The average molecular weight is 412 g/mol. The van der Waals surface area contributed by atoms with Crippen LogP contribution in [0.1, 0.15) is 20.8 Å². The molecule has 2 unspecified atom stereocenters. The number of alkyl halides is 3. The number of rotatable bonds is 2. The van der Waals surface area contributed by atoms with Crippen LogP contribution < -0.4 is 34.7 Å². The number of carboxylic acid groups (broad SMARTS) is 3. The van der Waals surface area contributed by atoms with E-state index in [-0.39, 0.29) is 36.2 Å². The zero-order valence-electron chi connectivity index (χ0n) is 12.9. The Kier molecular flexibility index (Phi) is 30.3. The Hall–Kier alpha value is 0.160. The van der Waals surface area contributed by atoms with Crippen LogP contribution in [0.15, 0.2) is 0 Å². The summed E-state index contributed by atoms with van der Waals surface area (Å²) in [5, 5.41) is 48.5. The van der Waals surface area contributed by atoms with Gasteiger partial charge in [-0.15, -0.1) is 0 Å². The second-order valence-corrected chi connectivity index (χ2v) is 5.41. The molecule has 0 aliphatic heterocycles. The quantitative estimate of drug-likeness (QED) is 0.224. The van der Waals surface area contributed by atoms with Gasteiger partial charge in [0.05, 0.1) is 12.1 Å². The molecule has 0 spiro atoms. The van der Waals surface area contributed by atoms with Crippen LogP contribution in [0.25, 0.3) is 0 Å². The van der Waals surface area contributed by atoms with Gasteiger partial charge in [-0.25, -0.2) is 9.59 Å². The summed E-state index contributed by atoms with van der Waals surface area (Å²) in [6.07, 6.45) is -2.57. The van der Waals surface area contributed by atoms with Gasteiger partial charge in [-0.1, -0.05) is 34.8 Å². The zero-order valence-corrected chi connectivity index (χ0v) is 17.1. The van der Waals surface area contributed by atoms with Crippen molar-refractivity contribution in [2.24, 2.45) is 0 Å². The van der Waals surface area contributed by atoms with Crippen molar-refractivity contribution in [3.05, 3.63) is 0 Å². The Bertz CT molecular complexity index is 301. The van der Waals surface area contributed by atoms with E-state index in [0.29, 0.717) is 0 Å². The van der Waals surface area contributed by atoms with Gasteiger partial charge in [0.25, 0.3) is 3.79 Å². The minimum absolute atomic E-state index is 0. The van der Waals surface area contributed by atoms with Crippen LogP contribution in [0.3, 0.4) is 0 Å². The molecule has 0 saturated heterocycles. The van der Waals surface area contributed by atoms with Gasteiger partial charge in [0.2, 0.25) is 0 Å². The minimum Gasteiger partial charge on any atom is -0.547 e. The Balaban J connectivity index is -0.0000000638. The molecule has 0 radical (unpaired) electrons. The van der Waals surface area contributed by atoms with E-state index < -0.39 is 33.9 Å². The zero-order chi connectivity index (χ0) is 19.1. The first-order valence-electron chi connectivity index (χ1n) is 5.35. The average Bonchev–Trinajstić information content (AvgIpc) is 2.29. The van der Waals surface area contributed by atoms with E-state index in [4.69, 9.17) is 60.3 Å². The SMILES string of the molecule is CC(O)C(=O)O.CC(O)C(=O)[O-].CCO.O=C(O)C(Cl)(Cl)Cl.[Na+]. The second-order valence-electron chi connectivity index (χ2n) is 3.13. The van der Waals surface area contributed by atoms with Crippen molar-refractivity contribution >= 4 is 52.7 Å². The van der Waals surface area contributed by atoms with Crippen LogP contribution in [0, 0.1) is 0 Å². The first-order chi connectivity index (χ1) is 9.64. The number of halogens is 3. The fraction of sp³-hybridized carbons (Fsp3) is 0.700. The van der Waals surface area contributed by atoms with E-state index in [0.717, 1.165) is 6.92 Å². The molecule has 23 heavy (non-hydrogen) atoms. The summed E-state index contributed by atoms with van der Waals surface area (Å²) in [5.41, 5.74) is 0. The first kappa shape index (κ1) is 34.5. The molecular weight excluding hydrogens is 393 g/mol. The van der Waals surface area contributed by atoms with E-state index in [2.05, 4.69) is 0 Å². The largest absolute Gasteiger partial charge is 1.00 e. The van der Waals surface area contributed by atoms with Crippen molar-refractivity contribution in [1.29, 1.82) is 0 Å². The van der Waals surface area contributed by atoms with Gasteiger partial charge in [-0.2, -0.15) is 0 Å². The fourth-order valence-electron chi connectivity index (χ4n) is 0. The van der Waals surface area contributed by atoms with Gasteiger partial charge < -0.3 is 35.4 Å². The van der Waals surface area contributed by atoms with Crippen LogP contribution in [0.2, 0.25) is 0 Å². The third-order valence-corrected chi connectivity index (χ3v) is 1.43. The number of aliphatic hydroxyl groups excluding tert-OH is 3. The predicted molar refractivity (Wildman–Crippen MR) is 76.7 cm³/mol. The molecule has 13 heteroatoms. The third-order valence-electron chi connectivity index (χ3n) is 0.941. The molecule has 0 aliphatic carbocycles. The van der Waals surface area contributed by atoms with E-state index in [1.807, 2.05) is 0 Å². The van der Waals surface area contributed by atoms with E-state index >= 15 is 0 Å². The van der Waals surface area contributed by atoms with Gasteiger partial charge in [-0.05, 0) is 20.8 Å². The molecule has 0 aromatic carbocycles. The molecule has 5 N–H and O–H groups in total. The number of hydrogen-bond donors (Lipinski definition) is 5. The molecule has 0 bridgehead atoms. The molecule has 134 valence electrons. The monoisotopic (exact) mass is 410 g/mol. The molecule has 0 aromatic heterocycles. The van der Waals surface area contributed by atoms with Crippen molar-refractivity contribution in [3.8, 4) is 0 Å². The topological polar surface area (TPSA) is 175 Å². The summed E-state index contributed by atoms with van der Waals surface area (Å²) in [4.78, 5) is 28.4. The summed E-state index contributed by atoms with van der Waals surface area (Å²) in [6, 6.07) is 0. The Morgan fingerprint density at radius 2 is 1.17 bits per heavy atom. The van der Waals surface area contributed by atoms with Crippen LogP contribution in [-0.4, -0.2) is 66.0 Å². The third kappa shape index (κ3) is 44.9. The number of hydrogen-bond acceptors (Lipinski definition) is 7. The van der Waals surface area contributed by atoms with Crippen LogP contribution >= 0.6 is 34.8 Å². The fourth-order valence-corrected chi connectivity index (χ4v) is 0. The van der Waals surface area contributed by atoms with Gasteiger partial charge in [0.1, 0.15) is 6.10 Å². The smallest absolute Gasteiger partial charge is 0.547 e. The molecule has 2 atom stereocenters. The molecule has 0 rings (SSSR count). The molecule has 0 aromatic rings. The molecule has 0 heterocycles. The number of carbonyl (C=O) groups excluding carboxylic acids is 1. The second kappa shape index (κ2) is 20.2. The first-order valence-corrected chi connectivity index (χ1v) is 6.49. The van der Waals surface area contributed by atoms with Crippen molar-refractivity contribution in [1.82, 2.24) is 0 Å². The molecular formula is C10H18Cl3NaO9. The molecule has 9 nitrogen and oxygen atoms in total. The number of carboxylic acids is 3. The summed E-state index contributed by atoms with van der Waals surface area (Å²) in [6.45, 7) is 4.26. The van der Waals surface area contributed by atoms with E-state index in [1.54, 1.807) is 6.92 Å². The molecule has 0 aliphatic rings. The maximum absolute atomic E-state index is 9.62. The molecule has 0 saturated carbocycles. The van der Waals surface area contributed by atoms with Crippen LogP contribution in [0.5, 0.6) is 0 Å². The molecule has 0 amide bonds. The van der Waals surface area contributed by atoms with Crippen LogP contribution in [0.4, 0.5) is 0 Å². The number of carbonyl (C=O) groups is 3. The summed E-state index contributed by atoms with van der Waals surface area (Å²) in [7, 11) is 0. The Morgan fingerprint density at radius 1 is 1.04 bits per heavy atom. The number of aliphatic hydroxyl groups is 3. The summed E-state index contributed by atoms with van der Waals surface area (Å²) in [5.74, 6) is -4.08.